The quantitative estimate of drug-likeness (QED) is 0.407. The highest BCUT2D eigenvalue weighted by Gasteiger charge is 2.19. The van der Waals surface area contributed by atoms with Gasteiger partial charge in [-0.2, -0.15) is 4.40 Å². The molecule has 1 heterocycles. The molecule has 3 rings (SSSR count). The molecule has 33 heavy (non-hydrogen) atoms. The lowest BCUT2D eigenvalue weighted by atomic mass is 10.1. The second kappa shape index (κ2) is 11.1. The summed E-state index contributed by atoms with van der Waals surface area (Å²) in [6.45, 7) is 6.99. The zero-order chi connectivity index (χ0) is 23.8. The Morgan fingerprint density at radius 3 is 1.88 bits per heavy atom. The molecule has 0 unspecified atom stereocenters. The molecule has 0 saturated carbocycles. The number of methoxy groups -OCH3 is 2. The van der Waals surface area contributed by atoms with E-state index in [0.29, 0.717) is 13.1 Å². The minimum Gasteiger partial charge on any atom is -0.497 e. The van der Waals surface area contributed by atoms with E-state index < -0.39 is 15.7 Å². The Kier molecular flexibility index (Phi) is 8.22. The van der Waals surface area contributed by atoms with Gasteiger partial charge in [0.1, 0.15) is 28.3 Å². The van der Waals surface area contributed by atoms with Crippen molar-refractivity contribution < 1.29 is 13.7 Å². The van der Waals surface area contributed by atoms with Gasteiger partial charge in [-0.1, -0.05) is 24.3 Å². The number of rotatable bonds is 9. The van der Waals surface area contributed by atoms with Crippen molar-refractivity contribution in [3.8, 4) is 11.5 Å². The summed E-state index contributed by atoms with van der Waals surface area (Å²) < 4.78 is 27.0. The molecule has 0 fully saturated rings. The second-order valence-corrected chi connectivity index (χ2v) is 10.5. The third kappa shape index (κ3) is 6.89. The zero-order valence-electron chi connectivity index (χ0n) is 19.8. The number of ether oxygens (including phenoxy) is 2. The lowest BCUT2D eigenvalue weighted by Crippen LogP contribution is -2.24. The van der Waals surface area contributed by atoms with Crippen LogP contribution in [0.15, 0.2) is 71.3 Å². The first-order chi connectivity index (χ1) is 15.8. The first kappa shape index (κ1) is 24.5. The minimum absolute atomic E-state index is 0.426. The van der Waals surface area contributed by atoms with Crippen molar-refractivity contribution in [2.24, 2.45) is 4.40 Å². The number of aromatic nitrogens is 1. The number of hydrogen-bond acceptors (Lipinski definition) is 5. The van der Waals surface area contributed by atoms with Gasteiger partial charge in [0.05, 0.1) is 19.0 Å². The van der Waals surface area contributed by atoms with Crippen LogP contribution >= 0.6 is 0 Å². The third-order valence-electron chi connectivity index (χ3n) is 4.99. The van der Waals surface area contributed by atoms with E-state index in [-0.39, 0.29) is 0 Å². The van der Waals surface area contributed by atoms with Crippen LogP contribution in [0.4, 0.5) is 5.82 Å². The van der Waals surface area contributed by atoms with Crippen LogP contribution in [0.1, 0.15) is 37.5 Å². The van der Waals surface area contributed by atoms with E-state index in [1.807, 2.05) is 81.4 Å². The van der Waals surface area contributed by atoms with E-state index in [1.165, 1.54) is 0 Å². The molecule has 0 radical (unpaired) electrons. The van der Waals surface area contributed by atoms with Gasteiger partial charge < -0.3 is 14.4 Å². The van der Waals surface area contributed by atoms with E-state index in [2.05, 4.69) is 14.3 Å². The average Bonchev–Trinajstić information content (AvgIpc) is 2.82. The van der Waals surface area contributed by atoms with E-state index in [0.717, 1.165) is 34.0 Å². The summed E-state index contributed by atoms with van der Waals surface area (Å²) in [5.41, 5.74) is 3.06. The molecule has 7 heteroatoms. The Morgan fingerprint density at radius 1 is 0.909 bits per heavy atom. The summed E-state index contributed by atoms with van der Waals surface area (Å²) in [5, 5.41) is 0. The van der Waals surface area contributed by atoms with Gasteiger partial charge in [0.25, 0.3) is 0 Å². The Hall–Kier alpha value is -3.19. The van der Waals surface area contributed by atoms with Gasteiger partial charge in [0.15, 0.2) is 0 Å². The van der Waals surface area contributed by atoms with Crippen molar-refractivity contribution in [3.63, 3.8) is 0 Å². The highest BCUT2D eigenvalue weighted by Crippen LogP contribution is 2.24. The summed E-state index contributed by atoms with van der Waals surface area (Å²) >= 11 is 0. The van der Waals surface area contributed by atoms with Crippen LogP contribution in [0.3, 0.4) is 0 Å². The molecule has 0 aliphatic rings. The SMILES string of the molecule is COc1ccc(CN(Cc2ccc(OC)cc2)c2ncccc2/C=N/[S@@](=O)C(C)(C)C)cc1. The molecule has 0 N–H and O–H groups in total. The number of hydrogen-bond donors (Lipinski definition) is 0. The summed E-state index contributed by atoms with van der Waals surface area (Å²) in [4.78, 5) is 6.85. The average molecular weight is 466 g/mol. The van der Waals surface area contributed by atoms with E-state index in [9.17, 15) is 4.21 Å². The normalized spacial score (nSPS) is 12.5. The number of nitrogens with zero attached hydrogens (tertiary/aromatic N) is 3. The maximum atomic E-state index is 12.5. The van der Waals surface area contributed by atoms with Crippen LogP contribution in [0.5, 0.6) is 11.5 Å². The standard InChI is InChI=1S/C26H31N3O3S/c1-26(2,3)33(30)28-17-22-7-6-16-27-25(22)29(18-20-8-12-23(31-4)13-9-20)19-21-10-14-24(32-5)15-11-21/h6-17H,18-19H2,1-5H3/b28-17+/t33-/m0/s1. The molecule has 3 aromatic rings. The lowest BCUT2D eigenvalue weighted by molar-refractivity contribution is 0.414. The highest BCUT2D eigenvalue weighted by molar-refractivity contribution is 7.85. The van der Waals surface area contributed by atoms with Crippen molar-refractivity contribution in [1.82, 2.24) is 4.98 Å². The molecular formula is C26H31N3O3S. The Balaban J connectivity index is 1.95. The molecule has 0 spiro atoms. The molecule has 0 bridgehead atoms. The molecule has 0 amide bonds. The highest BCUT2D eigenvalue weighted by atomic mass is 32.2. The molecule has 174 valence electrons. The maximum absolute atomic E-state index is 12.5. The summed E-state index contributed by atoms with van der Waals surface area (Å²) in [5.74, 6) is 2.41. The van der Waals surface area contributed by atoms with Gasteiger partial charge in [0.2, 0.25) is 0 Å². The van der Waals surface area contributed by atoms with Crippen molar-refractivity contribution >= 4 is 23.0 Å². The minimum atomic E-state index is -1.35. The van der Waals surface area contributed by atoms with Crippen molar-refractivity contribution in [1.29, 1.82) is 0 Å². The molecular weight excluding hydrogens is 434 g/mol. The maximum Gasteiger partial charge on any atom is 0.144 e. The van der Waals surface area contributed by atoms with E-state index in [4.69, 9.17) is 9.47 Å². The molecule has 6 nitrogen and oxygen atoms in total. The third-order valence-corrected chi connectivity index (χ3v) is 6.34. The predicted molar refractivity (Wildman–Crippen MR) is 136 cm³/mol. The smallest absolute Gasteiger partial charge is 0.144 e. The molecule has 1 aromatic heterocycles. The van der Waals surface area contributed by atoms with Crippen LogP contribution in [-0.4, -0.2) is 34.4 Å². The topological polar surface area (TPSA) is 64.0 Å². The summed E-state index contributed by atoms with van der Waals surface area (Å²) in [7, 11) is 1.97. The number of anilines is 1. The lowest BCUT2D eigenvalue weighted by Gasteiger charge is -2.26. The summed E-state index contributed by atoms with van der Waals surface area (Å²) in [6, 6.07) is 19.8. The first-order valence-corrected chi connectivity index (χ1v) is 11.8. The predicted octanol–water partition coefficient (Wildman–Crippen LogP) is 5.19. The van der Waals surface area contributed by atoms with Gasteiger partial charge in [-0.25, -0.2) is 9.19 Å². The Bertz CT molecular complexity index is 1040. The van der Waals surface area contributed by atoms with Crippen LogP contribution < -0.4 is 14.4 Å². The Labute approximate surface area is 198 Å². The van der Waals surface area contributed by atoms with Gasteiger partial charge in [-0.05, 0) is 68.3 Å². The Morgan fingerprint density at radius 2 is 1.42 bits per heavy atom. The fourth-order valence-corrected chi connectivity index (χ4v) is 3.67. The molecule has 2 aromatic carbocycles. The van der Waals surface area contributed by atoms with Gasteiger partial charge in [-0.15, -0.1) is 0 Å². The molecule has 1 atom stereocenters. The van der Waals surface area contributed by atoms with E-state index >= 15 is 0 Å². The molecule has 0 aliphatic heterocycles. The van der Waals surface area contributed by atoms with Gasteiger partial charge >= 0.3 is 0 Å². The second-order valence-electron chi connectivity index (χ2n) is 8.56. The van der Waals surface area contributed by atoms with Gasteiger partial charge in [0, 0.05) is 31.1 Å². The number of benzene rings is 2. The van der Waals surface area contributed by atoms with Crippen LogP contribution in [-0.2, 0) is 24.1 Å². The molecule has 0 aliphatic carbocycles. The summed E-state index contributed by atoms with van der Waals surface area (Å²) in [6.07, 6.45) is 3.43. The van der Waals surface area contributed by atoms with Gasteiger partial charge in [-0.3, -0.25) is 0 Å². The monoisotopic (exact) mass is 465 g/mol. The largest absolute Gasteiger partial charge is 0.497 e. The van der Waals surface area contributed by atoms with E-state index in [1.54, 1.807) is 26.6 Å². The first-order valence-electron chi connectivity index (χ1n) is 10.7. The van der Waals surface area contributed by atoms with Crippen LogP contribution in [0.25, 0.3) is 0 Å². The van der Waals surface area contributed by atoms with Crippen molar-refractivity contribution in [3.05, 3.63) is 83.6 Å². The van der Waals surface area contributed by atoms with Crippen molar-refractivity contribution in [2.45, 2.75) is 38.6 Å². The van der Waals surface area contributed by atoms with Crippen LogP contribution in [0.2, 0.25) is 0 Å². The van der Waals surface area contributed by atoms with Crippen LogP contribution in [0, 0.1) is 0 Å². The zero-order valence-corrected chi connectivity index (χ0v) is 20.6. The molecule has 0 saturated heterocycles. The van der Waals surface area contributed by atoms with Crippen molar-refractivity contribution in [2.75, 3.05) is 19.1 Å². The number of pyridine rings is 1. The fourth-order valence-electron chi connectivity index (χ4n) is 3.15. The fraction of sp³-hybridized carbons (Fsp3) is 0.308.